The summed E-state index contributed by atoms with van der Waals surface area (Å²) in [4.78, 5) is 38.1. The molecule has 2 rings (SSSR count). The number of hydrogen-bond donors (Lipinski definition) is 3. The summed E-state index contributed by atoms with van der Waals surface area (Å²) in [7, 11) is 0. The van der Waals surface area contributed by atoms with E-state index in [4.69, 9.17) is 0 Å². The highest BCUT2D eigenvalue weighted by Gasteiger charge is 2.45. The molecule has 0 radical (unpaired) electrons. The van der Waals surface area contributed by atoms with Crippen molar-refractivity contribution in [1.82, 2.24) is 0 Å². The Morgan fingerprint density at radius 1 is 1.23 bits per heavy atom. The molecule has 0 aliphatic carbocycles. The Bertz CT molecular complexity index is 683. The number of nitrogens with zero attached hydrogens (tertiary/aromatic N) is 2. The number of carbonyl (C=O) groups is 3. The molecule has 1 heterocycles. The molecule has 0 spiro atoms. The van der Waals surface area contributed by atoms with E-state index in [1.165, 1.54) is 29.2 Å². The maximum Gasteiger partial charge on any atom is 0.418 e. The minimum absolute atomic E-state index is 0.178. The average Bonchev–Trinajstić information content (AvgIpc) is 2.98. The molecular weight excluding hydrogens is 340 g/mol. The van der Waals surface area contributed by atoms with Gasteiger partial charge < -0.3 is 20.2 Å². The summed E-state index contributed by atoms with van der Waals surface area (Å²) < 4.78 is 0. The molecule has 1 saturated heterocycles. The smallest absolute Gasteiger partial charge is 0.418 e. The van der Waals surface area contributed by atoms with Gasteiger partial charge in [-0.15, -0.1) is 0 Å². The first-order chi connectivity index (χ1) is 12.3. The predicted molar refractivity (Wildman–Crippen MR) is 95.0 cm³/mol. The summed E-state index contributed by atoms with van der Waals surface area (Å²) in [6.45, 7) is 2.69. The van der Waals surface area contributed by atoms with E-state index in [2.05, 4.69) is 0 Å². The lowest BCUT2D eigenvalue weighted by molar-refractivity contribution is -0.121. The molecule has 142 valence electrons. The first kappa shape index (κ1) is 19.9. The van der Waals surface area contributed by atoms with Gasteiger partial charge in [-0.05, 0) is 37.1 Å². The molecule has 3 amide bonds. The third kappa shape index (κ3) is 3.42. The lowest BCUT2D eigenvalue weighted by Gasteiger charge is -2.35. The number of rotatable bonds is 6. The van der Waals surface area contributed by atoms with Crippen LogP contribution in [0.3, 0.4) is 0 Å². The highest BCUT2D eigenvalue weighted by molar-refractivity contribution is 6.12. The molecule has 1 aromatic rings. The Labute approximate surface area is 151 Å². The van der Waals surface area contributed by atoms with Gasteiger partial charge in [-0.25, -0.2) is 9.69 Å². The number of imide groups is 1. The van der Waals surface area contributed by atoms with Crippen LogP contribution in [0.15, 0.2) is 24.3 Å². The van der Waals surface area contributed by atoms with Crippen LogP contribution < -0.4 is 9.80 Å². The van der Waals surface area contributed by atoms with Crippen molar-refractivity contribution < 1.29 is 29.7 Å². The second-order valence-electron chi connectivity index (χ2n) is 6.55. The van der Waals surface area contributed by atoms with Crippen LogP contribution in [0.5, 0.6) is 0 Å². The monoisotopic (exact) mass is 364 g/mol. The van der Waals surface area contributed by atoms with Crippen LogP contribution in [0, 0.1) is 5.92 Å². The number of anilines is 2. The van der Waals surface area contributed by atoms with Gasteiger partial charge in [-0.2, -0.15) is 0 Å². The van der Waals surface area contributed by atoms with Gasteiger partial charge in [-0.1, -0.05) is 13.8 Å². The summed E-state index contributed by atoms with van der Waals surface area (Å²) in [6, 6.07) is 5.90. The Balaban J connectivity index is 2.36. The van der Waals surface area contributed by atoms with Crippen LogP contribution in [0.4, 0.5) is 16.2 Å². The van der Waals surface area contributed by atoms with Crippen molar-refractivity contribution in [2.75, 3.05) is 23.0 Å². The lowest BCUT2D eigenvalue weighted by atomic mass is 9.98. The third-order valence-electron chi connectivity index (χ3n) is 4.93. The quantitative estimate of drug-likeness (QED) is 0.705. The first-order valence-electron chi connectivity index (χ1n) is 8.53. The van der Waals surface area contributed by atoms with Gasteiger partial charge in [0.1, 0.15) is 0 Å². The molecule has 1 unspecified atom stereocenters. The number of carboxylic acid groups (broad SMARTS) is 1. The largest absolute Gasteiger partial charge is 0.464 e. The predicted octanol–water partition coefficient (Wildman–Crippen LogP) is 1.59. The second-order valence-corrected chi connectivity index (χ2v) is 6.55. The van der Waals surface area contributed by atoms with Gasteiger partial charge in [0, 0.05) is 18.0 Å². The van der Waals surface area contributed by atoms with E-state index in [-0.39, 0.29) is 31.2 Å². The topological polar surface area (TPSA) is 118 Å². The fourth-order valence-corrected chi connectivity index (χ4v) is 3.07. The number of hydrogen-bond acceptors (Lipinski definition) is 5. The van der Waals surface area contributed by atoms with Gasteiger partial charge in [0.05, 0.1) is 24.4 Å². The number of aliphatic hydroxyl groups is 2. The van der Waals surface area contributed by atoms with Crippen molar-refractivity contribution in [2.24, 2.45) is 5.92 Å². The van der Waals surface area contributed by atoms with Gasteiger partial charge in [-0.3, -0.25) is 9.59 Å². The van der Waals surface area contributed by atoms with Crippen LogP contribution >= 0.6 is 0 Å². The van der Waals surface area contributed by atoms with Crippen LogP contribution in [0.25, 0.3) is 0 Å². The van der Waals surface area contributed by atoms with Crippen LogP contribution in [-0.2, 0) is 9.59 Å². The zero-order valence-electron chi connectivity index (χ0n) is 14.9. The minimum atomic E-state index is -1.37. The molecule has 0 aromatic heterocycles. The van der Waals surface area contributed by atoms with Crippen molar-refractivity contribution in [1.29, 1.82) is 0 Å². The molecule has 0 saturated carbocycles. The van der Waals surface area contributed by atoms with Gasteiger partial charge in [0.2, 0.25) is 11.8 Å². The zero-order chi connectivity index (χ0) is 19.5. The van der Waals surface area contributed by atoms with Crippen molar-refractivity contribution in [3.63, 3.8) is 0 Å². The lowest BCUT2D eigenvalue weighted by Crippen LogP contribution is -2.52. The van der Waals surface area contributed by atoms with E-state index < -0.39 is 23.5 Å². The average molecular weight is 364 g/mol. The number of aliphatic hydroxyl groups excluding tert-OH is 2. The standard InChI is InChI=1S/C18H24N2O6/c1-3-12(2)16(24)19(17(25)26)13-4-6-14(7-5-13)20-15(23)8-9-18(20,10-21)11-22/h4-7,12,21-22H,3,8-11H2,1-2H3,(H,25,26). The highest BCUT2D eigenvalue weighted by atomic mass is 16.4. The molecule has 1 aliphatic heterocycles. The molecule has 26 heavy (non-hydrogen) atoms. The fraction of sp³-hybridized carbons (Fsp3) is 0.500. The minimum Gasteiger partial charge on any atom is -0.464 e. The van der Waals surface area contributed by atoms with E-state index >= 15 is 0 Å². The summed E-state index contributed by atoms with van der Waals surface area (Å²) in [5.74, 6) is -1.20. The van der Waals surface area contributed by atoms with E-state index in [0.29, 0.717) is 23.4 Å². The van der Waals surface area contributed by atoms with Gasteiger partial charge >= 0.3 is 6.09 Å². The number of carbonyl (C=O) groups excluding carboxylic acids is 2. The molecule has 3 N–H and O–H groups in total. The van der Waals surface area contributed by atoms with E-state index in [0.717, 1.165) is 0 Å². The molecule has 1 aliphatic rings. The van der Waals surface area contributed by atoms with Crippen LogP contribution in [0.2, 0.25) is 0 Å². The Kier molecular flexibility index (Phi) is 5.99. The number of benzene rings is 1. The van der Waals surface area contributed by atoms with E-state index in [9.17, 15) is 29.7 Å². The van der Waals surface area contributed by atoms with Gasteiger partial charge in [0.25, 0.3) is 0 Å². The molecule has 1 atom stereocenters. The molecular formula is C18H24N2O6. The van der Waals surface area contributed by atoms with Crippen LogP contribution in [-0.4, -0.2) is 52.0 Å². The van der Waals surface area contributed by atoms with Crippen molar-refractivity contribution in [3.8, 4) is 0 Å². The summed E-state index contributed by atoms with van der Waals surface area (Å²) in [5.41, 5.74) is -0.463. The molecule has 8 heteroatoms. The summed E-state index contributed by atoms with van der Waals surface area (Å²) in [6.07, 6.45) is -0.330. The molecule has 8 nitrogen and oxygen atoms in total. The maximum atomic E-state index is 12.3. The van der Waals surface area contributed by atoms with E-state index in [1.807, 2.05) is 0 Å². The van der Waals surface area contributed by atoms with E-state index in [1.54, 1.807) is 13.8 Å². The van der Waals surface area contributed by atoms with Gasteiger partial charge in [0.15, 0.2) is 0 Å². The zero-order valence-corrected chi connectivity index (χ0v) is 14.9. The van der Waals surface area contributed by atoms with Crippen molar-refractivity contribution in [2.45, 2.75) is 38.6 Å². The maximum absolute atomic E-state index is 12.3. The Morgan fingerprint density at radius 2 is 1.81 bits per heavy atom. The number of amides is 3. The van der Waals surface area contributed by atoms with Crippen molar-refractivity contribution >= 4 is 29.3 Å². The molecule has 1 fully saturated rings. The normalized spacial score (nSPS) is 17.2. The SMILES string of the molecule is CCC(C)C(=O)N(C(=O)O)c1ccc(N2C(=O)CCC2(CO)CO)cc1. The molecule has 0 bridgehead atoms. The fourth-order valence-electron chi connectivity index (χ4n) is 3.07. The Hall–Kier alpha value is -2.45. The second kappa shape index (κ2) is 7.84. The summed E-state index contributed by atoms with van der Waals surface area (Å²) >= 11 is 0. The van der Waals surface area contributed by atoms with Crippen molar-refractivity contribution in [3.05, 3.63) is 24.3 Å². The Morgan fingerprint density at radius 3 is 2.27 bits per heavy atom. The first-order valence-corrected chi connectivity index (χ1v) is 8.53. The molecule has 1 aromatic carbocycles. The summed E-state index contributed by atoms with van der Waals surface area (Å²) in [5, 5.41) is 28.7. The van der Waals surface area contributed by atoms with Crippen LogP contribution in [0.1, 0.15) is 33.1 Å². The third-order valence-corrected chi connectivity index (χ3v) is 4.93. The highest BCUT2D eigenvalue weighted by Crippen LogP contribution is 2.35.